The van der Waals surface area contributed by atoms with Crippen LogP contribution in [-0.2, 0) is 0 Å². The van der Waals surface area contributed by atoms with Gasteiger partial charge in [0, 0.05) is 19.3 Å². The summed E-state index contributed by atoms with van der Waals surface area (Å²) in [7, 11) is 0. The normalized spacial score (nSPS) is 10.1. The van der Waals surface area contributed by atoms with Gasteiger partial charge in [-0.25, -0.2) is 4.98 Å². The van der Waals surface area contributed by atoms with Gasteiger partial charge in [0.05, 0.1) is 11.6 Å². The zero-order chi connectivity index (χ0) is 9.68. The van der Waals surface area contributed by atoms with Gasteiger partial charge in [-0.3, -0.25) is 0 Å². The monoisotopic (exact) mass is 200 g/mol. The van der Waals surface area contributed by atoms with Crippen LogP contribution in [0.1, 0.15) is 6.92 Å². The number of aromatic nitrogens is 1. The molecule has 0 spiro atoms. The molecule has 1 aromatic heterocycles. The number of rotatable bonds is 4. The predicted molar refractivity (Wildman–Crippen MR) is 54.2 cm³/mol. The van der Waals surface area contributed by atoms with Gasteiger partial charge in [0.25, 0.3) is 0 Å². The Labute approximate surface area is 83.0 Å². The van der Waals surface area contributed by atoms with E-state index < -0.39 is 0 Å². The average Bonchev–Trinajstić information content (AvgIpc) is 2.16. The van der Waals surface area contributed by atoms with Crippen LogP contribution in [-0.4, -0.2) is 29.8 Å². The molecule has 0 radical (unpaired) electrons. The van der Waals surface area contributed by atoms with E-state index in [1.807, 2.05) is 17.9 Å². The molecule has 3 nitrogen and oxygen atoms in total. The summed E-state index contributed by atoms with van der Waals surface area (Å²) < 4.78 is 0. The third kappa shape index (κ3) is 2.86. The van der Waals surface area contributed by atoms with E-state index in [1.54, 1.807) is 12.3 Å². The molecular formula is C9H13ClN2O. The minimum atomic E-state index is 0.137. The molecule has 0 aromatic carbocycles. The quantitative estimate of drug-likeness (QED) is 0.802. The third-order valence-electron chi connectivity index (χ3n) is 1.79. The van der Waals surface area contributed by atoms with Gasteiger partial charge in [-0.15, -0.1) is 0 Å². The molecule has 0 aliphatic carbocycles. The Morgan fingerprint density at radius 1 is 1.54 bits per heavy atom. The number of likely N-dealkylation sites (N-methyl/N-ethyl adjacent to an activating group) is 1. The van der Waals surface area contributed by atoms with Crippen molar-refractivity contribution in [1.82, 2.24) is 4.98 Å². The molecule has 0 fully saturated rings. The first-order chi connectivity index (χ1) is 6.27. The predicted octanol–water partition coefficient (Wildman–Crippen LogP) is 1.55. The molecular weight excluding hydrogens is 188 g/mol. The van der Waals surface area contributed by atoms with Crippen molar-refractivity contribution in [1.29, 1.82) is 0 Å². The summed E-state index contributed by atoms with van der Waals surface area (Å²) in [5.74, 6) is 0.848. The number of anilines is 1. The zero-order valence-corrected chi connectivity index (χ0v) is 8.33. The Morgan fingerprint density at radius 2 is 2.31 bits per heavy atom. The van der Waals surface area contributed by atoms with Crippen molar-refractivity contribution >= 4 is 17.4 Å². The van der Waals surface area contributed by atoms with Gasteiger partial charge in [0.2, 0.25) is 0 Å². The highest BCUT2D eigenvalue weighted by atomic mass is 35.5. The van der Waals surface area contributed by atoms with Gasteiger partial charge < -0.3 is 10.0 Å². The summed E-state index contributed by atoms with van der Waals surface area (Å²) in [5.41, 5.74) is 0. The lowest BCUT2D eigenvalue weighted by Gasteiger charge is -2.20. The Bertz CT molecular complexity index is 250. The van der Waals surface area contributed by atoms with Crippen molar-refractivity contribution < 1.29 is 5.11 Å². The van der Waals surface area contributed by atoms with Crippen LogP contribution in [0.5, 0.6) is 0 Å². The fourth-order valence-corrected chi connectivity index (χ4v) is 1.22. The molecule has 0 saturated carbocycles. The summed E-state index contributed by atoms with van der Waals surface area (Å²) in [6, 6.07) is 3.64. The van der Waals surface area contributed by atoms with Crippen molar-refractivity contribution in [2.45, 2.75) is 6.92 Å². The minimum absolute atomic E-state index is 0.137. The van der Waals surface area contributed by atoms with Crippen LogP contribution in [0.3, 0.4) is 0 Å². The van der Waals surface area contributed by atoms with Crippen molar-refractivity contribution in [3.8, 4) is 0 Å². The van der Waals surface area contributed by atoms with Gasteiger partial charge in [-0.2, -0.15) is 0 Å². The van der Waals surface area contributed by atoms with Crippen LogP contribution in [0.4, 0.5) is 5.82 Å². The third-order valence-corrected chi connectivity index (χ3v) is 2.01. The van der Waals surface area contributed by atoms with E-state index in [0.29, 0.717) is 11.6 Å². The molecule has 72 valence electrons. The largest absolute Gasteiger partial charge is 0.395 e. The lowest BCUT2D eigenvalue weighted by Crippen LogP contribution is -2.26. The minimum Gasteiger partial charge on any atom is -0.395 e. The maximum Gasteiger partial charge on any atom is 0.128 e. The number of hydrogen-bond donors (Lipinski definition) is 1. The number of nitrogens with zero attached hydrogens (tertiary/aromatic N) is 2. The lowest BCUT2D eigenvalue weighted by atomic mass is 10.4. The van der Waals surface area contributed by atoms with Gasteiger partial charge in [0.1, 0.15) is 5.82 Å². The van der Waals surface area contributed by atoms with E-state index in [9.17, 15) is 0 Å². The van der Waals surface area contributed by atoms with Crippen LogP contribution < -0.4 is 4.90 Å². The first-order valence-corrected chi connectivity index (χ1v) is 4.63. The number of hydrogen-bond acceptors (Lipinski definition) is 3. The summed E-state index contributed by atoms with van der Waals surface area (Å²) >= 11 is 5.71. The molecule has 0 aliphatic heterocycles. The van der Waals surface area contributed by atoms with Crippen LogP contribution in [0.15, 0.2) is 18.3 Å². The van der Waals surface area contributed by atoms with Gasteiger partial charge in [0.15, 0.2) is 0 Å². The number of pyridine rings is 1. The van der Waals surface area contributed by atoms with E-state index in [2.05, 4.69) is 4.98 Å². The van der Waals surface area contributed by atoms with E-state index >= 15 is 0 Å². The van der Waals surface area contributed by atoms with Crippen molar-refractivity contribution in [3.63, 3.8) is 0 Å². The Hall–Kier alpha value is -0.800. The fraction of sp³-hybridized carbons (Fsp3) is 0.444. The maximum atomic E-state index is 8.79. The second-order valence-electron chi connectivity index (χ2n) is 2.64. The molecule has 0 aliphatic rings. The molecule has 0 atom stereocenters. The smallest absolute Gasteiger partial charge is 0.128 e. The van der Waals surface area contributed by atoms with Crippen LogP contribution in [0.25, 0.3) is 0 Å². The number of halogens is 1. The first kappa shape index (κ1) is 10.3. The number of aliphatic hydroxyl groups is 1. The SMILES string of the molecule is CCN(CCO)c1ccc(Cl)cn1. The molecule has 13 heavy (non-hydrogen) atoms. The van der Waals surface area contributed by atoms with Gasteiger partial charge in [-0.1, -0.05) is 11.6 Å². The lowest BCUT2D eigenvalue weighted by molar-refractivity contribution is 0.302. The number of aliphatic hydroxyl groups excluding tert-OH is 1. The van der Waals surface area contributed by atoms with Crippen LogP contribution >= 0.6 is 11.6 Å². The van der Waals surface area contributed by atoms with Gasteiger partial charge >= 0.3 is 0 Å². The molecule has 0 saturated heterocycles. The standard InChI is InChI=1S/C9H13ClN2O/c1-2-12(5-6-13)9-4-3-8(10)7-11-9/h3-4,7,13H,2,5-6H2,1H3. The summed E-state index contributed by atoms with van der Waals surface area (Å²) in [5, 5.41) is 9.42. The van der Waals surface area contributed by atoms with E-state index in [4.69, 9.17) is 16.7 Å². The molecule has 0 amide bonds. The highest BCUT2D eigenvalue weighted by molar-refractivity contribution is 6.30. The van der Waals surface area contributed by atoms with Gasteiger partial charge in [-0.05, 0) is 19.1 Å². The second-order valence-corrected chi connectivity index (χ2v) is 3.07. The second kappa shape index (κ2) is 5.04. The maximum absolute atomic E-state index is 8.79. The molecule has 0 bridgehead atoms. The van der Waals surface area contributed by atoms with Crippen molar-refractivity contribution in [2.75, 3.05) is 24.6 Å². The zero-order valence-electron chi connectivity index (χ0n) is 7.57. The summed E-state index contributed by atoms with van der Waals surface area (Å²) in [6.45, 7) is 3.59. The Morgan fingerprint density at radius 3 is 2.77 bits per heavy atom. The molecule has 1 heterocycles. The molecule has 4 heteroatoms. The average molecular weight is 201 g/mol. The molecule has 0 unspecified atom stereocenters. The summed E-state index contributed by atoms with van der Waals surface area (Å²) in [4.78, 5) is 6.13. The van der Waals surface area contributed by atoms with E-state index in [1.165, 1.54) is 0 Å². The molecule has 1 N–H and O–H groups in total. The molecule has 1 rings (SSSR count). The van der Waals surface area contributed by atoms with Crippen LogP contribution in [0.2, 0.25) is 5.02 Å². The Kier molecular flexibility index (Phi) is 3.99. The fourth-order valence-electron chi connectivity index (χ4n) is 1.11. The van der Waals surface area contributed by atoms with E-state index in [-0.39, 0.29) is 6.61 Å². The van der Waals surface area contributed by atoms with Crippen molar-refractivity contribution in [2.24, 2.45) is 0 Å². The Balaban J connectivity index is 2.73. The summed E-state index contributed by atoms with van der Waals surface area (Å²) in [6.07, 6.45) is 1.61. The first-order valence-electron chi connectivity index (χ1n) is 4.25. The van der Waals surface area contributed by atoms with Crippen molar-refractivity contribution in [3.05, 3.63) is 23.4 Å². The molecule has 1 aromatic rings. The topological polar surface area (TPSA) is 36.4 Å². The highest BCUT2D eigenvalue weighted by Gasteiger charge is 2.03. The van der Waals surface area contributed by atoms with E-state index in [0.717, 1.165) is 12.4 Å². The highest BCUT2D eigenvalue weighted by Crippen LogP contribution is 2.13. The van der Waals surface area contributed by atoms with Crippen LogP contribution in [0, 0.1) is 0 Å².